The van der Waals surface area contributed by atoms with E-state index in [1.807, 2.05) is 26.8 Å². The van der Waals surface area contributed by atoms with Crippen molar-refractivity contribution in [3.63, 3.8) is 0 Å². The van der Waals surface area contributed by atoms with Crippen molar-refractivity contribution in [1.29, 1.82) is 0 Å². The summed E-state index contributed by atoms with van der Waals surface area (Å²) in [5, 5.41) is 7.13. The molecule has 3 aromatic rings. The fourth-order valence-corrected chi connectivity index (χ4v) is 2.37. The van der Waals surface area contributed by atoms with Gasteiger partial charge in [-0.05, 0) is 24.3 Å². The fraction of sp³-hybridized carbons (Fsp3) is 0.200. The lowest BCUT2D eigenvalue weighted by molar-refractivity contribution is 0.215. The minimum atomic E-state index is -0.672. The summed E-state index contributed by atoms with van der Waals surface area (Å²) in [5.41, 5.74) is 0.699. The minimum absolute atomic E-state index is 0.248. The monoisotopic (exact) mass is 353 g/mol. The van der Waals surface area contributed by atoms with Gasteiger partial charge in [0.25, 0.3) is 0 Å². The summed E-state index contributed by atoms with van der Waals surface area (Å²) in [4.78, 5) is 12.2. The van der Waals surface area contributed by atoms with Crippen LogP contribution in [0.2, 0.25) is 0 Å². The summed E-state index contributed by atoms with van der Waals surface area (Å²) < 4.78 is 20.9. The number of ether oxygens (including phenoxy) is 1. The molecule has 0 aliphatic rings. The van der Waals surface area contributed by atoms with E-state index >= 15 is 0 Å². The normalized spacial score (nSPS) is 11.2. The number of nitrogens with zero attached hydrogens (tertiary/aromatic N) is 2. The van der Waals surface area contributed by atoms with Crippen molar-refractivity contribution in [2.45, 2.75) is 26.2 Å². The van der Waals surface area contributed by atoms with E-state index < -0.39 is 11.9 Å². The Balaban J connectivity index is 1.94. The Morgan fingerprint density at radius 3 is 2.38 bits per heavy atom. The standard InChI is InChI=1S/C20H20FN3O2/c1-20(2,3)17-13-18(22-19(25)26-14-9-5-4-6-10-14)24(23-17)16-12-8-7-11-15(16)21/h4-13H,1-3H3,(H,22,25). The van der Waals surface area contributed by atoms with E-state index in [4.69, 9.17) is 4.74 Å². The predicted molar refractivity (Wildman–Crippen MR) is 98.3 cm³/mol. The molecule has 0 bridgehead atoms. The molecule has 134 valence electrons. The summed E-state index contributed by atoms with van der Waals surface area (Å²) in [7, 11) is 0. The maximum atomic E-state index is 14.2. The van der Waals surface area contributed by atoms with E-state index in [1.165, 1.54) is 10.7 Å². The van der Waals surface area contributed by atoms with Gasteiger partial charge in [0.2, 0.25) is 0 Å². The van der Waals surface area contributed by atoms with Gasteiger partial charge >= 0.3 is 6.09 Å². The highest BCUT2D eigenvalue weighted by atomic mass is 19.1. The summed E-state index contributed by atoms with van der Waals surface area (Å²) in [6.45, 7) is 5.98. The first-order valence-electron chi connectivity index (χ1n) is 8.24. The number of aromatic nitrogens is 2. The molecule has 0 aliphatic heterocycles. The zero-order valence-electron chi connectivity index (χ0n) is 14.9. The molecule has 26 heavy (non-hydrogen) atoms. The lowest BCUT2D eigenvalue weighted by Crippen LogP contribution is -2.19. The van der Waals surface area contributed by atoms with Crippen molar-refractivity contribution in [2.75, 3.05) is 5.32 Å². The highest BCUT2D eigenvalue weighted by molar-refractivity contribution is 5.85. The van der Waals surface area contributed by atoms with Gasteiger partial charge in [0.15, 0.2) is 0 Å². The van der Waals surface area contributed by atoms with E-state index in [-0.39, 0.29) is 11.1 Å². The maximum Gasteiger partial charge on any atom is 0.418 e. The number of halogens is 1. The molecule has 3 rings (SSSR count). The van der Waals surface area contributed by atoms with Crippen LogP contribution in [0.15, 0.2) is 60.7 Å². The molecule has 0 saturated heterocycles. The summed E-state index contributed by atoms with van der Waals surface area (Å²) in [5.74, 6) is 0.314. The van der Waals surface area contributed by atoms with Crippen molar-refractivity contribution in [3.8, 4) is 11.4 Å². The first-order chi connectivity index (χ1) is 12.3. The maximum absolute atomic E-state index is 14.2. The van der Waals surface area contributed by atoms with E-state index in [9.17, 15) is 9.18 Å². The van der Waals surface area contributed by atoms with Crippen LogP contribution in [0.5, 0.6) is 5.75 Å². The number of hydrogen-bond donors (Lipinski definition) is 1. The van der Waals surface area contributed by atoms with E-state index in [1.54, 1.807) is 48.5 Å². The molecule has 0 spiro atoms. The number of anilines is 1. The van der Waals surface area contributed by atoms with Crippen LogP contribution in [0.25, 0.3) is 5.69 Å². The molecule has 0 atom stereocenters. The summed E-state index contributed by atoms with van der Waals surface area (Å²) >= 11 is 0. The number of carbonyl (C=O) groups is 1. The number of benzene rings is 2. The third kappa shape index (κ3) is 3.91. The van der Waals surface area contributed by atoms with Gasteiger partial charge in [0.1, 0.15) is 23.1 Å². The van der Waals surface area contributed by atoms with Gasteiger partial charge in [0, 0.05) is 11.5 Å². The third-order valence-electron chi connectivity index (χ3n) is 3.74. The smallest absolute Gasteiger partial charge is 0.410 e. The Labute approximate surface area is 151 Å². The molecule has 1 N–H and O–H groups in total. The molecule has 0 fully saturated rings. The molecule has 0 unspecified atom stereocenters. The average Bonchev–Trinajstić information content (AvgIpc) is 3.00. The second kappa shape index (κ2) is 7.00. The molecule has 0 radical (unpaired) electrons. The Morgan fingerprint density at radius 2 is 1.73 bits per heavy atom. The van der Waals surface area contributed by atoms with Gasteiger partial charge in [-0.1, -0.05) is 51.1 Å². The van der Waals surface area contributed by atoms with Crippen LogP contribution in [-0.4, -0.2) is 15.9 Å². The molecular weight excluding hydrogens is 333 g/mol. The number of amides is 1. The number of rotatable bonds is 3. The Kier molecular flexibility index (Phi) is 4.75. The van der Waals surface area contributed by atoms with Crippen molar-refractivity contribution < 1.29 is 13.9 Å². The molecule has 5 nitrogen and oxygen atoms in total. The number of hydrogen-bond acceptors (Lipinski definition) is 3. The van der Waals surface area contributed by atoms with Gasteiger partial charge in [-0.15, -0.1) is 0 Å². The van der Waals surface area contributed by atoms with E-state index in [2.05, 4.69) is 10.4 Å². The van der Waals surface area contributed by atoms with Gasteiger partial charge in [-0.3, -0.25) is 5.32 Å². The van der Waals surface area contributed by atoms with Crippen LogP contribution in [0, 0.1) is 5.82 Å². The SMILES string of the molecule is CC(C)(C)c1cc(NC(=O)Oc2ccccc2)n(-c2ccccc2F)n1. The van der Waals surface area contributed by atoms with Gasteiger partial charge in [0.05, 0.1) is 5.69 Å². The largest absolute Gasteiger partial charge is 0.418 e. The van der Waals surface area contributed by atoms with Crippen molar-refractivity contribution in [1.82, 2.24) is 9.78 Å². The van der Waals surface area contributed by atoms with Crippen LogP contribution in [-0.2, 0) is 5.41 Å². The molecule has 1 heterocycles. The van der Waals surface area contributed by atoms with Crippen LogP contribution in [0.3, 0.4) is 0 Å². The van der Waals surface area contributed by atoms with Crippen molar-refractivity contribution >= 4 is 11.9 Å². The summed E-state index contributed by atoms with van der Waals surface area (Å²) in [6, 6.07) is 16.7. The molecule has 0 aliphatic carbocycles. The average molecular weight is 353 g/mol. The highest BCUT2D eigenvalue weighted by Crippen LogP contribution is 2.27. The zero-order chi connectivity index (χ0) is 18.7. The lowest BCUT2D eigenvalue weighted by Gasteiger charge is -2.14. The van der Waals surface area contributed by atoms with Crippen LogP contribution >= 0.6 is 0 Å². The number of carbonyl (C=O) groups excluding carboxylic acids is 1. The second-order valence-corrected chi connectivity index (χ2v) is 6.86. The Hall–Kier alpha value is -3.15. The molecule has 0 saturated carbocycles. The van der Waals surface area contributed by atoms with Crippen molar-refractivity contribution in [3.05, 3.63) is 72.2 Å². The van der Waals surface area contributed by atoms with Crippen molar-refractivity contribution in [2.24, 2.45) is 0 Å². The van der Waals surface area contributed by atoms with Gasteiger partial charge in [-0.25, -0.2) is 13.9 Å². The first-order valence-corrected chi connectivity index (χ1v) is 8.24. The number of nitrogens with one attached hydrogen (secondary N) is 1. The molecule has 6 heteroatoms. The molecule has 1 amide bonds. The lowest BCUT2D eigenvalue weighted by atomic mass is 9.92. The van der Waals surface area contributed by atoms with E-state index in [0.717, 1.165) is 5.69 Å². The number of para-hydroxylation sites is 2. The van der Waals surface area contributed by atoms with Crippen LogP contribution in [0.1, 0.15) is 26.5 Å². The Morgan fingerprint density at radius 1 is 1.08 bits per heavy atom. The molecule has 2 aromatic carbocycles. The van der Waals surface area contributed by atoms with Crippen LogP contribution < -0.4 is 10.1 Å². The Bertz CT molecular complexity index is 914. The highest BCUT2D eigenvalue weighted by Gasteiger charge is 2.22. The third-order valence-corrected chi connectivity index (χ3v) is 3.74. The molecule has 1 aromatic heterocycles. The topological polar surface area (TPSA) is 56.1 Å². The quantitative estimate of drug-likeness (QED) is 0.727. The second-order valence-electron chi connectivity index (χ2n) is 6.86. The fourth-order valence-electron chi connectivity index (χ4n) is 2.37. The van der Waals surface area contributed by atoms with Gasteiger partial charge < -0.3 is 4.74 Å². The summed E-state index contributed by atoms with van der Waals surface area (Å²) in [6.07, 6.45) is -0.672. The zero-order valence-corrected chi connectivity index (χ0v) is 14.9. The minimum Gasteiger partial charge on any atom is -0.410 e. The van der Waals surface area contributed by atoms with E-state index in [0.29, 0.717) is 11.6 Å². The first kappa shape index (κ1) is 17.7. The van der Waals surface area contributed by atoms with Crippen LogP contribution in [0.4, 0.5) is 15.0 Å². The van der Waals surface area contributed by atoms with Gasteiger partial charge in [-0.2, -0.15) is 5.10 Å². The molecular formula is C20H20FN3O2. The predicted octanol–water partition coefficient (Wildman–Crippen LogP) is 4.92.